The average molecular weight is 261 g/mol. The zero-order valence-electron chi connectivity index (χ0n) is 9.47. The van der Waals surface area contributed by atoms with Crippen molar-refractivity contribution in [1.29, 1.82) is 0 Å². The predicted molar refractivity (Wildman–Crippen MR) is 63.2 cm³/mol. The van der Waals surface area contributed by atoms with E-state index in [0.29, 0.717) is 13.0 Å². The van der Waals surface area contributed by atoms with Gasteiger partial charge in [0.05, 0.1) is 11.0 Å². The van der Waals surface area contributed by atoms with Crippen LogP contribution in [-0.4, -0.2) is 32.6 Å². The Morgan fingerprint density at radius 3 is 2.76 bits per heavy atom. The van der Waals surface area contributed by atoms with Crippen LogP contribution in [0.2, 0.25) is 5.28 Å². The second-order valence-electron chi connectivity index (χ2n) is 3.60. The summed E-state index contributed by atoms with van der Waals surface area (Å²) in [4.78, 5) is 17.8. The van der Waals surface area contributed by atoms with Crippen LogP contribution in [-0.2, 0) is 0 Å². The summed E-state index contributed by atoms with van der Waals surface area (Å²) in [5, 5.41) is 22.7. The monoisotopic (exact) mass is 260 g/mol. The molecular formula is C9H13ClN4O3. The maximum absolute atomic E-state index is 10.8. The topological polar surface area (TPSA) is 101 Å². The highest BCUT2D eigenvalue weighted by Crippen LogP contribution is 2.26. The van der Waals surface area contributed by atoms with Gasteiger partial charge >= 0.3 is 5.69 Å². The molecule has 0 aromatic carbocycles. The molecule has 0 fully saturated rings. The van der Waals surface area contributed by atoms with Gasteiger partial charge in [0.25, 0.3) is 0 Å². The van der Waals surface area contributed by atoms with Crippen molar-refractivity contribution in [2.24, 2.45) is 0 Å². The maximum atomic E-state index is 10.8. The van der Waals surface area contributed by atoms with E-state index in [9.17, 15) is 10.1 Å². The van der Waals surface area contributed by atoms with Crippen molar-refractivity contribution < 1.29 is 10.0 Å². The summed E-state index contributed by atoms with van der Waals surface area (Å²) < 4.78 is 0. The number of nitrogens with zero attached hydrogens (tertiary/aromatic N) is 3. The SMILES string of the molecule is Cc1nc(Cl)nc(NCCC(C)O)c1[N+](=O)[O-]. The molecule has 0 radical (unpaired) electrons. The molecule has 0 bridgehead atoms. The fourth-order valence-corrected chi connectivity index (χ4v) is 1.49. The minimum atomic E-state index is -0.559. The number of rotatable bonds is 5. The van der Waals surface area contributed by atoms with E-state index in [1.54, 1.807) is 6.92 Å². The number of nitrogens with one attached hydrogen (secondary N) is 1. The number of aliphatic hydroxyl groups is 1. The minimum absolute atomic E-state index is 0.0485. The van der Waals surface area contributed by atoms with Gasteiger partial charge in [-0.2, -0.15) is 4.98 Å². The molecule has 2 N–H and O–H groups in total. The molecule has 94 valence electrons. The first kappa shape index (κ1) is 13.6. The number of halogens is 1. The number of aliphatic hydroxyl groups excluding tert-OH is 1. The van der Waals surface area contributed by atoms with E-state index in [1.807, 2.05) is 0 Å². The predicted octanol–water partition coefficient (Wildman–Crippen LogP) is 1.53. The molecule has 0 aliphatic rings. The van der Waals surface area contributed by atoms with E-state index in [2.05, 4.69) is 15.3 Å². The lowest BCUT2D eigenvalue weighted by atomic mass is 10.3. The van der Waals surface area contributed by atoms with Gasteiger partial charge in [-0.25, -0.2) is 4.98 Å². The van der Waals surface area contributed by atoms with E-state index in [4.69, 9.17) is 16.7 Å². The molecule has 1 aromatic rings. The van der Waals surface area contributed by atoms with Crippen molar-refractivity contribution in [3.8, 4) is 0 Å². The number of hydrogen-bond acceptors (Lipinski definition) is 6. The van der Waals surface area contributed by atoms with Gasteiger partial charge in [-0.05, 0) is 31.9 Å². The summed E-state index contributed by atoms with van der Waals surface area (Å²) in [6.07, 6.45) is -0.0300. The molecule has 0 saturated heterocycles. The fourth-order valence-electron chi connectivity index (χ4n) is 1.27. The Kier molecular flexibility index (Phi) is 4.59. The molecule has 1 heterocycles. The van der Waals surface area contributed by atoms with Crippen molar-refractivity contribution in [2.45, 2.75) is 26.4 Å². The molecule has 0 spiro atoms. The summed E-state index contributed by atoms with van der Waals surface area (Å²) in [5.74, 6) is 0.0770. The fraction of sp³-hybridized carbons (Fsp3) is 0.556. The van der Waals surface area contributed by atoms with Crippen LogP contribution in [0.1, 0.15) is 19.0 Å². The van der Waals surface area contributed by atoms with Crippen molar-refractivity contribution in [2.75, 3.05) is 11.9 Å². The van der Waals surface area contributed by atoms with E-state index < -0.39 is 11.0 Å². The smallest absolute Gasteiger partial charge is 0.332 e. The van der Waals surface area contributed by atoms with Crippen LogP contribution in [0.5, 0.6) is 0 Å². The van der Waals surface area contributed by atoms with Crippen molar-refractivity contribution in [1.82, 2.24) is 9.97 Å². The summed E-state index contributed by atoms with van der Waals surface area (Å²) in [6, 6.07) is 0. The van der Waals surface area contributed by atoms with Gasteiger partial charge in [0, 0.05) is 6.54 Å². The van der Waals surface area contributed by atoms with E-state index in [1.165, 1.54) is 6.92 Å². The third-order valence-electron chi connectivity index (χ3n) is 2.07. The first-order chi connectivity index (χ1) is 7.91. The van der Waals surface area contributed by atoms with E-state index >= 15 is 0 Å². The van der Waals surface area contributed by atoms with Gasteiger partial charge in [-0.3, -0.25) is 10.1 Å². The first-order valence-corrected chi connectivity index (χ1v) is 5.40. The van der Waals surface area contributed by atoms with Crippen LogP contribution in [0, 0.1) is 17.0 Å². The number of hydrogen-bond donors (Lipinski definition) is 2. The van der Waals surface area contributed by atoms with Gasteiger partial charge in [0.2, 0.25) is 11.1 Å². The highest BCUT2D eigenvalue weighted by Gasteiger charge is 2.21. The molecule has 0 aliphatic heterocycles. The lowest BCUT2D eigenvalue weighted by molar-refractivity contribution is -0.385. The number of aryl methyl sites for hydroxylation is 1. The average Bonchev–Trinajstić information content (AvgIpc) is 2.14. The van der Waals surface area contributed by atoms with Crippen molar-refractivity contribution in [3.05, 3.63) is 21.1 Å². The molecule has 0 saturated carbocycles. The third-order valence-corrected chi connectivity index (χ3v) is 2.24. The molecule has 0 aliphatic carbocycles. The second-order valence-corrected chi connectivity index (χ2v) is 3.93. The molecule has 1 aromatic heterocycles. The molecule has 17 heavy (non-hydrogen) atoms. The lowest BCUT2D eigenvalue weighted by Gasteiger charge is -2.08. The Hall–Kier alpha value is -1.47. The van der Waals surface area contributed by atoms with Gasteiger partial charge in [0.1, 0.15) is 5.69 Å². The number of aromatic nitrogens is 2. The normalized spacial score (nSPS) is 12.2. The Bertz CT molecular complexity index is 425. The highest BCUT2D eigenvalue weighted by molar-refractivity contribution is 6.28. The van der Waals surface area contributed by atoms with Crippen LogP contribution < -0.4 is 5.32 Å². The van der Waals surface area contributed by atoms with Crippen LogP contribution in [0.25, 0.3) is 0 Å². The quantitative estimate of drug-likeness (QED) is 0.473. The van der Waals surface area contributed by atoms with Crippen molar-refractivity contribution >= 4 is 23.1 Å². The molecule has 1 atom stereocenters. The zero-order chi connectivity index (χ0) is 13.0. The number of nitro groups is 1. The summed E-state index contributed by atoms with van der Waals surface area (Å²) in [5.41, 5.74) is 0.00883. The maximum Gasteiger partial charge on any atom is 0.332 e. The third kappa shape index (κ3) is 3.79. The minimum Gasteiger partial charge on any atom is -0.393 e. The summed E-state index contributed by atoms with van der Waals surface area (Å²) in [7, 11) is 0. The molecule has 8 heteroatoms. The van der Waals surface area contributed by atoms with Gasteiger partial charge in [-0.1, -0.05) is 0 Å². The Labute approximate surface area is 103 Å². The summed E-state index contributed by atoms with van der Waals surface area (Å²) in [6.45, 7) is 3.49. The van der Waals surface area contributed by atoms with Crippen LogP contribution >= 0.6 is 11.6 Å². The second kappa shape index (κ2) is 5.74. The van der Waals surface area contributed by atoms with E-state index in [0.717, 1.165) is 0 Å². The van der Waals surface area contributed by atoms with Crippen LogP contribution in [0.4, 0.5) is 11.5 Å². The first-order valence-electron chi connectivity index (χ1n) is 5.02. The molecule has 0 amide bonds. The largest absolute Gasteiger partial charge is 0.393 e. The molecule has 7 nitrogen and oxygen atoms in total. The standard InChI is InChI=1S/C9H13ClN4O3/c1-5(15)3-4-11-8-7(14(16)17)6(2)12-9(10)13-8/h5,15H,3-4H2,1-2H3,(H,11,12,13). The molecule has 1 unspecified atom stereocenters. The Morgan fingerprint density at radius 1 is 1.59 bits per heavy atom. The van der Waals surface area contributed by atoms with Crippen LogP contribution in [0.15, 0.2) is 0 Å². The van der Waals surface area contributed by atoms with E-state index in [-0.39, 0.29) is 22.5 Å². The Balaban J connectivity index is 2.92. The lowest BCUT2D eigenvalue weighted by Crippen LogP contribution is -2.13. The Morgan fingerprint density at radius 2 is 2.24 bits per heavy atom. The van der Waals surface area contributed by atoms with Crippen LogP contribution in [0.3, 0.4) is 0 Å². The van der Waals surface area contributed by atoms with Crippen molar-refractivity contribution in [3.63, 3.8) is 0 Å². The highest BCUT2D eigenvalue weighted by atomic mass is 35.5. The molecular weight excluding hydrogens is 248 g/mol. The van der Waals surface area contributed by atoms with Gasteiger partial charge < -0.3 is 10.4 Å². The summed E-state index contributed by atoms with van der Waals surface area (Å²) >= 11 is 5.63. The number of anilines is 1. The van der Waals surface area contributed by atoms with Gasteiger partial charge in [-0.15, -0.1) is 0 Å². The molecule has 1 rings (SSSR count). The van der Waals surface area contributed by atoms with Gasteiger partial charge in [0.15, 0.2) is 0 Å². The zero-order valence-corrected chi connectivity index (χ0v) is 10.2.